The van der Waals surface area contributed by atoms with Crippen LogP contribution >= 0.6 is 11.6 Å². The molecule has 3 N–H and O–H groups in total. The number of ether oxygens (including phenoxy) is 2. The van der Waals surface area contributed by atoms with Gasteiger partial charge >= 0.3 is 0 Å². The van der Waals surface area contributed by atoms with Gasteiger partial charge in [-0.25, -0.2) is 9.97 Å². The summed E-state index contributed by atoms with van der Waals surface area (Å²) in [5, 5.41) is 26.2. The fourth-order valence-corrected chi connectivity index (χ4v) is 4.53. The SMILES string of the molecule is Cc1ncnc2c1ccn2C1CC(Oc2cc(Cl)cc3c2CNCCO3)C(O)C1O. The predicted octanol–water partition coefficient (Wildman–Crippen LogP) is 1.99. The number of hydrogen-bond donors (Lipinski definition) is 3. The Morgan fingerprint density at radius 2 is 2.13 bits per heavy atom. The molecular weight excluding hydrogens is 408 g/mol. The summed E-state index contributed by atoms with van der Waals surface area (Å²) in [6, 6.07) is 5.06. The molecule has 0 amide bonds. The monoisotopic (exact) mass is 430 g/mol. The van der Waals surface area contributed by atoms with Gasteiger partial charge in [0.05, 0.1) is 17.3 Å². The van der Waals surface area contributed by atoms with Crippen molar-refractivity contribution in [2.75, 3.05) is 13.2 Å². The molecule has 2 aliphatic rings. The highest BCUT2D eigenvalue weighted by atomic mass is 35.5. The van der Waals surface area contributed by atoms with E-state index in [9.17, 15) is 10.2 Å². The Morgan fingerprint density at radius 1 is 1.27 bits per heavy atom. The van der Waals surface area contributed by atoms with Gasteiger partial charge in [0.15, 0.2) is 0 Å². The molecule has 0 saturated heterocycles. The van der Waals surface area contributed by atoms with Gasteiger partial charge in [-0.15, -0.1) is 0 Å². The highest BCUT2D eigenvalue weighted by molar-refractivity contribution is 6.30. The van der Waals surface area contributed by atoms with E-state index in [0.29, 0.717) is 36.1 Å². The first-order valence-electron chi connectivity index (χ1n) is 10.00. The zero-order valence-corrected chi connectivity index (χ0v) is 17.2. The summed E-state index contributed by atoms with van der Waals surface area (Å²) in [5.41, 5.74) is 2.46. The van der Waals surface area contributed by atoms with E-state index in [0.717, 1.165) is 28.8 Å². The first-order chi connectivity index (χ1) is 14.5. The van der Waals surface area contributed by atoms with Crippen LogP contribution in [0.25, 0.3) is 11.0 Å². The summed E-state index contributed by atoms with van der Waals surface area (Å²) in [4.78, 5) is 8.59. The third-order valence-corrected chi connectivity index (χ3v) is 6.13. The number of aryl methyl sites for hydroxylation is 1. The van der Waals surface area contributed by atoms with Crippen molar-refractivity contribution in [3.8, 4) is 11.5 Å². The molecule has 4 atom stereocenters. The number of aliphatic hydroxyl groups is 2. The summed E-state index contributed by atoms with van der Waals surface area (Å²) in [7, 11) is 0. The second-order valence-electron chi connectivity index (χ2n) is 7.77. The summed E-state index contributed by atoms with van der Waals surface area (Å²) in [6.07, 6.45) is 1.16. The third-order valence-electron chi connectivity index (χ3n) is 5.91. The molecule has 1 fully saturated rings. The van der Waals surface area contributed by atoms with E-state index in [1.54, 1.807) is 12.1 Å². The van der Waals surface area contributed by atoms with E-state index < -0.39 is 18.3 Å². The van der Waals surface area contributed by atoms with Crippen LogP contribution in [0.4, 0.5) is 0 Å². The zero-order chi connectivity index (χ0) is 20.8. The van der Waals surface area contributed by atoms with Crippen molar-refractivity contribution in [1.82, 2.24) is 19.9 Å². The van der Waals surface area contributed by atoms with Gasteiger partial charge in [-0.05, 0) is 25.1 Å². The van der Waals surface area contributed by atoms with E-state index in [4.69, 9.17) is 21.1 Å². The van der Waals surface area contributed by atoms with Crippen molar-refractivity contribution in [3.05, 3.63) is 47.0 Å². The van der Waals surface area contributed by atoms with Crippen LogP contribution in [0.5, 0.6) is 11.5 Å². The van der Waals surface area contributed by atoms with Crippen LogP contribution in [0, 0.1) is 6.92 Å². The molecule has 1 aliphatic carbocycles. The van der Waals surface area contributed by atoms with Crippen molar-refractivity contribution < 1.29 is 19.7 Å². The molecule has 158 valence electrons. The molecule has 3 aromatic rings. The summed E-state index contributed by atoms with van der Waals surface area (Å²) in [6.45, 7) is 3.76. The second kappa shape index (κ2) is 7.70. The van der Waals surface area contributed by atoms with E-state index in [2.05, 4.69) is 15.3 Å². The molecule has 9 heteroatoms. The molecule has 0 bridgehead atoms. The Bertz CT molecular complexity index is 1090. The fourth-order valence-electron chi connectivity index (χ4n) is 4.33. The van der Waals surface area contributed by atoms with Gasteiger partial charge in [-0.3, -0.25) is 0 Å². The Hall–Kier alpha value is -2.39. The van der Waals surface area contributed by atoms with Crippen LogP contribution in [0.15, 0.2) is 30.7 Å². The van der Waals surface area contributed by atoms with Crippen LogP contribution in [-0.2, 0) is 6.54 Å². The number of aromatic nitrogens is 3. The number of halogens is 1. The molecule has 3 heterocycles. The lowest BCUT2D eigenvalue weighted by atomic mass is 10.1. The minimum Gasteiger partial charge on any atom is -0.492 e. The predicted molar refractivity (Wildman–Crippen MR) is 111 cm³/mol. The first-order valence-corrected chi connectivity index (χ1v) is 10.4. The molecule has 1 aromatic carbocycles. The molecular formula is C21H23ClN4O4. The van der Waals surface area contributed by atoms with E-state index in [1.165, 1.54) is 6.33 Å². The molecule has 8 nitrogen and oxygen atoms in total. The number of nitrogens with one attached hydrogen (secondary N) is 1. The van der Waals surface area contributed by atoms with Crippen molar-refractivity contribution in [2.24, 2.45) is 0 Å². The molecule has 2 aromatic heterocycles. The van der Waals surface area contributed by atoms with Crippen LogP contribution in [0.1, 0.15) is 23.7 Å². The zero-order valence-electron chi connectivity index (χ0n) is 16.5. The highest BCUT2D eigenvalue weighted by Crippen LogP contribution is 2.39. The van der Waals surface area contributed by atoms with E-state index in [1.807, 2.05) is 23.8 Å². The lowest BCUT2D eigenvalue weighted by Crippen LogP contribution is -2.34. The molecule has 4 unspecified atom stereocenters. The molecule has 0 radical (unpaired) electrons. The number of benzene rings is 1. The number of fused-ring (bicyclic) bond motifs is 2. The van der Waals surface area contributed by atoms with Crippen LogP contribution < -0.4 is 14.8 Å². The Morgan fingerprint density at radius 3 is 3.00 bits per heavy atom. The molecule has 5 rings (SSSR count). The van der Waals surface area contributed by atoms with Crippen LogP contribution in [0.2, 0.25) is 5.02 Å². The number of aliphatic hydroxyl groups excluding tert-OH is 2. The maximum absolute atomic E-state index is 10.8. The van der Waals surface area contributed by atoms with Crippen molar-refractivity contribution >= 4 is 22.6 Å². The van der Waals surface area contributed by atoms with Gasteiger partial charge in [0.2, 0.25) is 0 Å². The highest BCUT2D eigenvalue weighted by Gasteiger charge is 2.44. The summed E-state index contributed by atoms with van der Waals surface area (Å²) < 4.78 is 13.9. The molecule has 1 saturated carbocycles. The van der Waals surface area contributed by atoms with Gasteiger partial charge in [-0.1, -0.05) is 11.6 Å². The normalized spacial score (nSPS) is 26.3. The summed E-state index contributed by atoms with van der Waals surface area (Å²) >= 11 is 6.27. The Labute approximate surface area is 178 Å². The average Bonchev–Trinajstić information content (AvgIpc) is 3.16. The van der Waals surface area contributed by atoms with Gasteiger partial charge in [0.25, 0.3) is 0 Å². The first kappa shape index (κ1) is 19.6. The fraction of sp³-hybridized carbons (Fsp3) is 0.429. The number of rotatable bonds is 3. The Kier molecular flexibility index (Phi) is 5.02. The lowest BCUT2D eigenvalue weighted by molar-refractivity contribution is -0.0166. The van der Waals surface area contributed by atoms with Gasteiger partial charge in [-0.2, -0.15) is 0 Å². The number of hydrogen-bond acceptors (Lipinski definition) is 7. The average molecular weight is 431 g/mol. The van der Waals surface area contributed by atoms with Gasteiger partial charge in [0.1, 0.15) is 48.4 Å². The van der Waals surface area contributed by atoms with Gasteiger partial charge < -0.3 is 29.6 Å². The topological polar surface area (TPSA) is 102 Å². The standard InChI is InChI=1S/C21H23ClN4O4/c1-11-13-2-4-26(21(13)25-10-24-11)15-8-18(20(28)19(15)27)30-17-7-12(22)6-16-14(17)9-23-3-5-29-16/h2,4,6-7,10,15,18-20,23,27-28H,3,5,8-9H2,1H3. The lowest BCUT2D eigenvalue weighted by Gasteiger charge is -2.21. The quantitative estimate of drug-likeness (QED) is 0.584. The third kappa shape index (κ3) is 3.30. The van der Waals surface area contributed by atoms with Crippen LogP contribution in [0.3, 0.4) is 0 Å². The maximum Gasteiger partial charge on any atom is 0.143 e. The minimum absolute atomic E-state index is 0.371. The molecule has 0 spiro atoms. The maximum atomic E-state index is 10.8. The van der Waals surface area contributed by atoms with Crippen LogP contribution in [-0.4, -0.2) is 56.2 Å². The van der Waals surface area contributed by atoms with E-state index >= 15 is 0 Å². The number of nitrogens with zero attached hydrogens (tertiary/aromatic N) is 3. The second-order valence-corrected chi connectivity index (χ2v) is 8.20. The van der Waals surface area contributed by atoms with Crippen molar-refractivity contribution in [3.63, 3.8) is 0 Å². The largest absolute Gasteiger partial charge is 0.492 e. The smallest absolute Gasteiger partial charge is 0.143 e. The minimum atomic E-state index is -1.05. The molecule has 30 heavy (non-hydrogen) atoms. The molecule has 1 aliphatic heterocycles. The van der Waals surface area contributed by atoms with Crippen molar-refractivity contribution in [2.45, 2.75) is 44.2 Å². The Balaban J connectivity index is 1.45. The van der Waals surface area contributed by atoms with E-state index in [-0.39, 0.29) is 6.04 Å². The van der Waals surface area contributed by atoms with Crippen molar-refractivity contribution in [1.29, 1.82) is 0 Å². The summed E-state index contributed by atoms with van der Waals surface area (Å²) in [5.74, 6) is 1.23. The van der Waals surface area contributed by atoms with Gasteiger partial charge in [0, 0.05) is 36.1 Å².